The molecule has 2 N–H and O–H groups in total. The highest BCUT2D eigenvalue weighted by molar-refractivity contribution is 7.90. The lowest BCUT2D eigenvalue weighted by atomic mass is 9.88. The molecule has 1 atom stereocenters. The monoisotopic (exact) mass is 320 g/mol. The van der Waals surface area contributed by atoms with E-state index in [-0.39, 0.29) is 6.04 Å². The van der Waals surface area contributed by atoms with E-state index in [0.29, 0.717) is 5.92 Å². The average Bonchev–Trinajstić information content (AvgIpc) is 2.38. The Morgan fingerprint density at radius 1 is 1.29 bits per heavy atom. The molecule has 7 nitrogen and oxygen atoms in total. The van der Waals surface area contributed by atoms with Gasteiger partial charge < -0.3 is 10.0 Å². The van der Waals surface area contributed by atoms with Gasteiger partial charge in [0.15, 0.2) is 0 Å². The van der Waals surface area contributed by atoms with Crippen molar-refractivity contribution in [2.75, 3.05) is 12.8 Å². The van der Waals surface area contributed by atoms with Crippen LogP contribution < -0.4 is 4.72 Å². The Kier molecular flexibility index (Phi) is 6.15. The quantitative estimate of drug-likeness (QED) is 0.738. The molecular formula is C13H24N2O5S. The highest BCUT2D eigenvalue weighted by Crippen LogP contribution is 2.23. The molecule has 1 aliphatic rings. The summed E-state index contributed by atoms with van der Waals surface area (Å²) in [6, 6.07) is -1.18. The summed E-state index contributed by atoms with van der Waals surface area (Å²) in [4.78, 5) is 23.6. The first-order chi connectivity index (χ1) is 9.62. The number of rotatable bonds is 6. The summed E-state index contributed by atoms with van der Waals surface area (Å²) < 4.78 is 26.5. The number of nitrogens with one attached hydrogen (secondary N) is 1. The van der Waals surface area contributed by atoms with Crippen LogP contribution in [0.1, 0.15) is 39.5 Å². The van der Waals surface area contributed by atoms with Gasteiger partial charge in [0.05, 0.1) is 0 Å². The molecule has 0 bridgehead atoms. The number of carbonyl (C=O) groups is 2. The Hall–Kier alpha value is -1.15. The van der Waals surface area contributed by atoms with Crippen molar-refractivity contribution in [3.8, 4) is 0 Å². The maximum atomic E-state index is 12.0. The molecule has 1 rings (SSSR count). The first-order valence-corrected chi connectivity index (χ1v) is 8.76. The third-order valence-corrected chi connectivity index (χ3v) is 5.33. The SMILES string of the molecule is CC1CCC(NS(=O)(=O)CC(=O)N(C)C(C)C(=O)O)CC1. The maximum Gasteiger partial charge on any atom is 0.326 e. The zero-order valence-corrected chi connectivity index (χ0v) is 13.5. The van der Waals surface area contributed by atoms with E-state index in [9.17, 15) is 18.0 Å². The zero-order valence-electron chi connectivity index (χ0n) is 12.7. The van der Waals surface area contributed by atoms with Crippen molar-refractivity contribution in [2.45, 2.75) is 51.6 Å². The van der Waals surface area contributed by atoms with Crippen molar-refractivity contribution < 1.29 is 23.1 Å². The van der Waals surface area contributed by atoms with Crippen molar-refractivity contribution in [1.82, 2.24) is 9.62 Å². The number of hydrogen-bond acceptors (Lipinski definition) is 4. The lowest BCUT2D eigenvalue weighted by molar-refractivity contribution is -0.147. The van der Waals surface area contributed by atoms with E-state index in [2.05, 4.69) is 11.6 Å². The van der Waals surface area contributed by atoms with Crippen molar-refractivity contribution in [3.63, 3.8) is 0 Å². The highest BCUT2D eigenvalue weighted by Gasteiger charge is 2.28. The lowest BCUT2D eigenvalue weighted by Gasteiger charge is -2.27. The highest BCUT2D eigenvalue weighted by atomic mass is 32.2. The van der Waals surface area contributed by atoms with Crippen LogP contribution in [0.3, 0.4) is 0 Å². The van der Waals surface area contributed by atoms with Gasteiger partial charge >= 0.3 is 5.97 Å². The third kappa shape index (κ3) is 5.62. The molecular weight excluding hydrogens is 296 g/mol. The van der Waals surface area contributed by atoms with Crippen LogP contribution in [0.4, 0.5) is 0 Å². The second-order valence-electron chi connectivity index (χ2n) is 5.85. The fraction of sp³-hybridized carbons (Fsp3) is 0.846. The molecule has 1 amide bonds. The molecule has 1 aliphatic carbocycles. The molecule has 0 spiro atoms. The lowest BCUT2D eigenvalue weighted by Crippen LogP contribution is -2.46. The van der Waals surface area contributed by atoms with Crippen molar-refractivity contribution >= 4 is 21.9 Å². The Bertz CT molecular complexity index is 483. The summed E-state index contributed by atoms with van der Waals surface area (Å²) in [5.74, 6) is -2.00. The van der Waals surface area contributed by atoms with Crippen LogP contribution in [-0.2, 0) is 19.6 Å². The molecule has 122 valence electrons. The smallest absolute Gasteiger partial charge is 0.326 e. The van der Waals surface area contributed by atoms with Gasteiger partial charge in [0.2, 0.25) is 15.9 Å². The number of carboxylic acids is 1. The molecule has 1 fully saturated rings. The molecule has 0 heterocycles. The number of aliphatic carboxylic acids is 1. The summed E-state index contributed by atoms with van der Waals surface area (Å²) in [6.45, 7) is 3.47. The van der Waals surface area contributed by atoms with Gasteiger partial charge in [-0.3, -0.25) is 4.79 Å². The number of carboxylic acid groups (broad SMARTS) is 1. The predicted octanol–water partition coefficient (Wildman–Crippen LogP) is 0.416. The predicted molar refractivity (Wildman–Crippen MR) is 78.2 cm³/mol. The fourth-order valence-electron chi connectivity index (χ4n) is 2.32. The largest absolute Gasteiger partial charge is 0.480 e. The fourth-order valence-corrected chi connectivity index (χ4v) is 3.68. The van der Waals surface area contributed by atoms with Crippen LogP contribution >= 0.6 is 0 Å². The Morgan fingerprint density at radius 2 is 1.81 bits per heavy atom. The Balaban J connectivity index is 2.55. The molecule has 0 radical (unpaired) electrons. The first-order valence-electron chi connectivity index (χ1n) is 7.11. The number of hydrogen-bond donors (Lipinski definition) is 2. The average molecular weight is 320 g/mol. The maximum absolute atomic E-state index is 12.0. The van der Waals surface area contributed by atoms with Gasteiger partial charge in [0.1, 0.15) is 11.8 Å². The van der Waals surface area contributed by atoms with E-state index in [1.165, 1.54) is 14.0 Å². The summed E-state index contributed by atoms with van der Waals surface area (Å²) in [6.07, 6.45) is 3.49. The van der Waals surface area contributed by atoms with Crippen LogP contribution in [0.2, 0.25) is 0 Å². The topological polar surface area (TPSA) is 104 Å². The van der Waals surface area contributed by atoms with Gasteiger partial charge in [-0.1, -0.05) is 6.92 Å². The molecule has 1 saturated carbocycles. The van der Waals surface area contributed by atoms with Crippen LogP contribution in [-0.4, -0.2) is 55.2 Å². The normalized spacial score (nSPS) is 24.3. The van der Waals surface area contributed by atoms with E-state index in [1.54, 1.807) is 0 Å². The van der Waals surface area contributed by atoms with Gasteiger partial charge in [0.25, 0.3) is 0 Å². The molecule has 1 unspecified atom stereocenters. The first kappa shape index (κ1) is 17.9. The second-order valence-corrected chi connectivity index (χ2v) is 7.61. The summed E-state index contributed by atoms with van der Waals surface area (Å²) in [7, 11) is -2.45. The molecule has 0 aromatic heterocycles. The number of carbonyl (C=O) groups excluding carboxylic acids is 1. The number of likely N-dealkylation sites (N-methyl/N-ethyl adjacent to an activating group) is 1. The van der Waals surface area contributed by atoms with Crippen LogP contribution in [0.25, 0.3) is 0 Å². The molecule has 0 saturated heterocycles. The number of amides is 1. The minimum absolute atomic E-state index is 0.124. The van der Waals surface area contributed by atoms with Crippen LogP contribution in [0, 0.1) is 5.92 Å². The van der Waals surface area contributed by atoms with E-state index < -0.39 is 33.7 Å². The zero-order chi connectivity index (χ0) is 16.2. The van der Waals surface area contributed by atoms with Crippen LogP contribution in [0.5, 0.6) is 0 Å². The molecule has 21 heavy (non-hydrogen) atoms. The molecule has 0 aromatic rings. The third-order valence-electron chi connectivity index (χ3n) is 4.01. The van der Waals surface area contributed by atoms with E-state index in [1.807, 2.05) is 0 Å². The van der Waals surface area contributed by atoms with Crippen molar-refractivity contribution in [2.24, 2.45) is 5.92 Å². The van der Waals surface area contributed by atoms with E-state index in [0.717, 1.165) is 30.6 Å². The minimum atomic E-state index is -3.74. The van der Waals surface area contributed by atoms with Gasteiger partial charge in [-0.05, 0) is 38.5 Å². The summed E-state index contributed by atoms with van der Waals surface area (Å²) >= 11 is 0. The standard InChI is InChI=1S/C13H24N2O5S/c1-9-4-6-11(7-5-9)14-21(19,20)8-12(16)15(3)10(2)13(17)18/h9-11,14H,4-8H2,1-3H3,(H,17,18). The number of sulfonamides is 1. The van der Waals surface area contributed by atoms with Crippen molar-refractivity contribution in [1.29, 1.82) is 0 Å². The van der Waals surface area contributed by atoms with Gasteiger partial charge in [0, 0.05) is 13.1 Å². The number of nitrogens with zero attached hydrogens (tertiary/aromatic N) is 1. The Labute approximate surface area is 125 Å². The van der Waals surface area contributed by atoms with Gasteiger partial charge in [-0.15, -0.1) is 0 Å². The minimum Gasteiger partial charge on any atom is -0.480 e. The van der Waals surface area contributed by atoms with E-state index >= 15 is 0 Å². The molecule has 0 aliphatic heterocycles. The Morgan fingerprint density at radius 3 is 2.29 bits per heavy atom. The summed E-state index contributed by atoms with van der Waals surface area (Å²) in [5.41, 5.74) is 0. The van der Waals surface area contributed by atoms with Crippen LogP contribution in [0.15, 0.2) is 0 Å². The summed E-state index contributed by atoms with van der Waals surface area (Å²) in [5, 5.41) is 8.83. The van der Waals surface area contributed by atoms with E-state index in [4.69, 9.17) is 5.11 Å². The molecule has 8 heteroatoms. The second kappa shape index (κ2) is 7.22. The molecule has 0 aromatic carbocycles. The van der Waals surface area contributed by atoms with Gasteiger partial charge in [-0.25, -0.2) is 17.9 Å². The van der Waals surface area contributed by atoms with Crippen molar-refractivity contribution in [3.05, 3.63) is 0 Å². The van der Waals surface area contributed by atoms with Gasteiger partial charge in [-0.2, -0.15) is 0 Å².